The molecule has 0 aromatic heterocycles. The molecule has 0 aliphatic heterocycles. The van der Waals surface area contributed by atoms with Gasteiger partial charge in [0, 0.05) is 9.26 Å². The van der Waals surface area contributed by atoms with E-state index in [1.807, 2.05) is 6.07 Å². The van der Waals surface area contributed by atoms with Gasteiger partial charge >= 0.3 is 0 Å². The van der Waals surface area contributed by atoms with Crippen molar-refractivity contribution in [2.24, 2.45) is 0 Å². The monoisotopic (exact) mass is 365 g/mol. The highest BCUT2D eigenvalue weighted by molar-refractivity contribution is 14.1. The van der Waals surface area contributed by atoms with E-state index in [9.17, 15) is 5.11 Å². The smallest absolute Gasteiger partial charge is 0.115 e. The summed E-state index contributed by atoms with van der Waals surface area (Å²) in [5.74, 6) is 0.369. The van der Waals surface area contributed by atoms with E-state index >= 15 is 0 Å². The van der Waals surface area contributed by atoms with Crippen LogP contribution in [0.5, 0.6) is 5.75 Å². The fraction of sp³-hybridized carbons (Fsp3) is 0.250. The van der Waals surface area contributed by atoms with Crippen LogP contribution in [0.1, 0.15) is 30.0 Å². The van der Waals surface area contributed by atoms with Gasteiger partial charge in [-0.25, -0.2) is 0 Å². The number of nitrogens with one attached hydrogen (secondary N) is 1. The number of phenolic OH excluding ortho intramolecular Hbond substituents is 1. The first-order valence-electron chi connectivity index (χ1n) is 6.56. The number of rotatable bonds is 2. The topological polar surface area (TPSA) is 32.3 Å². The van der Waals surface area contributed by atoms with Gasteiger partial charge in [-0.15, -0.1) is 0 Å². The van der Waals surface area contributed by atoms with Gasteiger partial charge in [-0.2, -0.15) is 0 Å². The Balaban J connectivity index is 1.87. The predicted octanol–water partition coefficient (Wildman–Crippen LogP) is 4.49. The Morgan fingerprint density at radius 1 is 1.16 bits per heavy atom. The fourth-order valence-corrected chi connectivity index (χ4v) is 3.27. The second-order valence-electron chi connectivity index (χ2n) is 4.98. The summed E-state index contributed by atoms with van der Waals surface area (Å²) in [7, 11) is 0. The van der Waals surface area contributed by atoms with Crippen molar-refractivity contribution < 1.29 is 5.11 Å². The zero-order valence-corrected chi connectivity index (χ0v) is 12.7. The third kappa shape index (κ3) is 2.86. The van der Waals surface area contributed by atoms with Crippen molar-refractivity contribution in [2.45, 2.75) is 25.3 Å². The molecule has 1 atom stereocenters. The van der Waals surface area contributed by atoms with Gasteiger partial charge in [0.05, 0.1) is 6.04 Å². The van der Waals surface area contributed by atoms with Crippen molar-refractivity contribution in [3.05, 3.63) is 57.2 Å². The van der Waals surface area contributed by atoms with E-state index in [1.54, 1.807) is 6.07 Å². The summed E-state index contributed by atoms with van der Waals surface area (Å²) in [5.41, 5.74) is 3.76. The summed E-state index contributed by atoms with van der Waals surface area (Å²) in [6, 6.07) is 14.5. The Kier molecular flexibility index (Phi) is 3.64. The number of aryl methyl sites for hydroxylation is 1. The number of fused-ring (bicyclic) bond motifs is 1. The molecule has 0 amide bonds. The van der Waals surface area contributed by atoms with Crippen LogP contribution in [0.25, 0.3) is 0 Å². The quantitative estimate of drug-likeness (QED) is 0.769. The van der Waals surface area contributed by atoms with Gasteiger partial charge in [0.25, 0.3) is 0 Å². The van der Waals surface area contributed by atoms with Crippen LogP contribution in [0.3, 0.4) is 0 Å². The molecule has 98 valence electrons. The Hall–Kier alpha value is -1.23. The maximum absolute atomic E-state index is 9.58. The van der Waals surface area contributed by atoms with E-state index in [4.69, 9.17) is 0 Å². The van der Waals surface area contributed by atoms with Gasteiger partial charge in [-0.05, 0) is 83.3 Å². The largest absolute Gasteiger partial charge is 0.508 e. The Bertz CT molecular complexity index is 597. The van der Waals surface area contributed by atoms with Crippen LogP contribution in [0.2, 0.25) is 0 Å². The Morgan fingerprint density at radius 2 is 2.05 bits per heavy atom. The number of anilines is 1. The van der Waals surface area contributed by atoms with Crippen LogP contribution >= 0.6 is 22.6 Å². The van der Waals surface area contributed by atoms with Crippen molar-refractivity contribution >= 4 is 28.3 Å². The average Bonchev–Trinajstić information content (AvgIpc) is 2.38. The zero-order chi connectivity index (χ0) is 13.2. The highest BCUT2D eigenvalue weighted by atomic mass is 127. The molecule has 2 aromatic carbocycles. The maximum atomic E-state index is 9.58. The van der Waals surface area contributed by atoms with E-state index < -0.39 is 0 Å². The Morgan fingerprint density at radius 3 is 2.89 bits per heavy atom. The third-order valence-corrected chi connectivity index (χ3v) is 4.28. The Labute approximate surface area is 127 Å². The summed E-state index contributed by atoms with van der Waals surface area (Å²) in [4.78, 5) is 0. The van der Waals surface area contributed by atoms with Crippen molar-refractivity contribution in [3.63, 3.8) is 0 Å². The number of aromatic hydroxyl groups is 1. The molecule has 0 saturated carbocycles. The van der Waals surface area contributed by atoms with E-state index in [2.05, 4.69) is 58.2 Å². The molecule has 0 spiro atoms. The standard InChI is InChI=1S/C16H16INO/c17-12-4-2-5-13(10-12)18-16-6-1-3-11-9-14(19)7-8-15(11)16/h2,4-5,7-10,16,18-19H,1,3,6H2. The molecule has 2 aromatic rings. The first-order valence-corrected chi connectivity index (χ1v) is 7.64. The molecule has 1 aliphatic carbocycles. The van der Waals surface area contributed by atoms with E-state index in [1.165, 1.54) is 14.7 Å². The van der Waals surface area contributed by atoms with E-state index in [0.29, 0.717) is 11.8 Å². The van der Waals surface area contributed by atoms with Gasteiger partial charge in [0.1, 0.15) is 5.75 Å². The van der Waals surface area contributed by atoms with E-state index in [0.717, 1.165) is 24.9 Å². The first kappa shape index (κ1) is 12.8. The summed E-state index contributed by atoms with van der Waals surface area (Å²) < 4.78 is 1.24. The first-order chi connectivity index (χ1) is 9.22. The normalized spacial score (nSPS) is 17.8. The molecule has 3 heteroatoms. The molecule has 2 nitrogen and oxygen atoms in total. The lowest BCUT2D eigenvalue weighted by atomic mass is 9.87. The number of halogens is 1. The highest BCUT2D eigenvalue weighted by Gasteiger charge is 2.20. The lowest BCUT2D eigenvalue weighted by molar-refractivity contribution is 0.472. The molecule has 2 N–H and O–H groups in total. The molecule has 0 saturated heterocycles. The molecule has 3 rings (SSSR count). The van der Waals surface area contributed by atoms with Crippen LogP contribution in [0, 0.1) is 3.57 Å². The number of benzene rings is 2. The summed E-state index contributed by atoms with van der Waals surface area (Å²) in [6.45, 7) is 0. The summed E-state index contributed by atoms with van der Waals surface area (Å²) >= 11 is 2.33. The number of phenols is 1. The second kappa shape index (κ2) is 5.41. The molecule has 0 radical (unpaired) electrons. The molecular formula is C16H16INO. The molecule has 0 bridgehead atoms. The maximum Gasteiger partial charge on any atom is 0.115 e. The molecule has 19 heavy (non-hydrogen) atoms. The lowest BCUT2D eigenvalue weighted by Gasteiger charge is -2.27. The van der Waals surface area contributed by atoms with Crippen molar-refractivity contribution in [1.82, 2.24) is 0 Å². The SMILES string of the molecule is Oc1ccc2c(c1)CCCC2Nc1cccc(I)c1. The number of hydrogen-bond donors (Lipinski definition) is 2. The zero-order valence-electron chi connectivity index (χ0n) is 10.6. The number of hydrogen-bond acceptors (Lipinski definition) is 2. The molecule has 0 fully saturated rings. The van der Waals surface area contributed by atoms with Gasteiger partial charge in [0.2, 0.25) is 0 Å². The van der Waals surface area contributed by atoms with Crippen LogP contribution < -0.4 is 5.32 Å². The van der Waals surface area contributed by atoms with Gasteiger partial charge in [-0.1, -0.05) is 12.1 Å². The summed E-state index contributed by atoms with van der Waals surface area (Å²) in [6.07, 6.45) is 3.37. The third-order valence-electron chi connectivity index (χ3n) is 3.61. The molecule has 1 aliphatic rings. The highest BCUT2D eigenvalue weighted by Crippen LogP contribution is 2.34. The van der Waals surface area contributed by atoms with Crippen LogP contribution in [-0.2, 0) is 6.42 Å². The summed E-state index contributed by atoms with van der Waals surface area (Å²) in [5, 5.41) is 13.2. The van der Waals surface area contributed by atoms with Gasteiger partial charge in [0.15, 0.2) is 0 Å². The van der Waals surface area contributed by atoms with Gasteiger partial charge in [-0.3, -0.25) is 0 Å². The molecule has 0 heterocycles. The van der Waals surface area contributed by atoms with Crippen LogP contribution in [-0.4, -0.2) is 5.11 Å². The second-order valence-corrected chi connectivity index (χ2v) is 6.23. The van der Waals surface area contributed by atoms with E-state index in [-0.39, 0.29) is 0 Å². The predicted molar refractivity (Wildman–Crippen MR) is 86.6 cm³/mol. The van der Waals surface area contributed by atoms with Crippen molar-refractivity contribution in [1.29, 1.82) is 0 Å². The van der Waals surface area contributed by atoms with Crippen LogP contribution in [0.15, 0.2) is 42.5 Å². The average molecular weight is 365 g/mol. The lowest BCUT2D eigenvalue weighted by Crippen LogP contribution is -2.17. The minimum atomic E-state index is 0.350. The fourth-order valence-electron chi connectivity index (χ4n) is 2.73. The minimum absolute atomic E-state index is 0.350. The molecule has 1 unspecified atom stereocenters. The van der Waals surface area contributed by atoms with Gasteiger partial charge < -0.3 is 10.4 Å². The molecular weight excluding hydrogens is 349 g/mol. The minimum Gasteiger partial charge on any atom is -0.508 e. The van der Waals surface area contributed by atoms with Crippen molar-refractivity contribution in [2.75, 3.05) is 5.32 Å². The van der Waals surface area contributed by atoms with Crippen molar-refractivity contribution in [3.8, 4) is 5.75 Å². The van der Waals surface area contributed by atoms with Crippen LogP contribution in [0.4, 0.5) is 5.69 Å².